The molecule has 0 bridgehead atoms. The molecule has 6 aromatic rings. The number of azo groups is 2. The number of phenolic OH excluding ortho intramolecular Hbond substituents is 2. The van der Waals surface area contributed by atoms with Crippen LogP contribution in [0, 0.1) is 0 Å². The molecule has 0 saturated heterocycles. The Morgan fingerprint density at radius 3 is 0.944 bits per heavy atom. The summed E-state index contributed by atoms with van der Waals surface area (Å²) in [6, 6.07) is 8.36. The van der Waals surface area contributed by atoms with Crippen molar-refractivity contribution in [3.63, 3.8) is 0 Å². The molecule has 348 valence electrons. The molecule has 0 aliphatic carbocycles. The predicted octanol–water partition coefficient (Wildman–Crippen LogP) is -15.0. The third kappa shape index (κ3) is 15.3. The molecule has 6 N–H and O–H groups in total. The number of fused-ring (bicyclic) bond motifs is 2. The molecule has 0 aliphatic heterocycles. The fourth-order valence-corrected chi connectivity index (χ4v) is 9.88. The summed E-state index contributed by atoms with van der Waals surface area (Å²) in [4.78, 5) is -6.69. The smallest absolute Gasteiger partial charge is 0.744 e. The van der Waals surface area contributed by atoms with Crippen molar-refractivity contribution in [1.82, 2.24) is 0 Å². The normalized spacial score (nSPS) is 12.4. The van der Waals surface area contributed by atoms with Crippen LogP contribution >= 0.6 is 0 Å². The zero-order valence-electron chi connectivity index (χ0n) is 37.7. The van der Waals surface area contributed by atoms with Gasteiger partial charge in [-0.15, -0.1) is 10.2 Å². The van der Waals surface area contributed by atoms with E-state index >= 15 is 0 Å². The van der Waals surface area contributed by atoms with Crippen molar-refractivity contribution in [3.05, 3.63) is 83.9 Å². The van der Waals surface area contributed by atoms with Gasteiger partial charge in [0.2, 0.25) is 0 Å². The van der Waals surface area contributed by atoms with Gasteiger partial charge in [0, 0.05) is 22.1 Å². The van der Waals surface area contributed by atoms with E-state index in [4.69, 9.17) is 11.5 Å². The van der Waals surface area contributed by atoms with Crippen LogP contribution in [0.15, 0.2) is 123 Å². The summed E-state index contributed by atoms with van der Waals surface area (Å²) in [6.07, 6.45) is 1.67. The van der Waals surface area contributed by atoms with E-state index in [1.165, 1.54) is 0 Å². The Kier molecular flexibility index (Phi) is 23.8. The molecule has 38 heteroatoms. The topological polar surface area (TPSA) is 485 Å². The molecule has 0 spiro atoms. The van der Waals surface area contributed by atoms with Crippen LogP contribution in [0.5, 0.6) is 11.5 Å². The monoisotopic (exact) mass is 1070 g/mol. The molecule has 0 amide bonds. The molecule has 0 radical (unpaired) electrons. The van der Waals surface area contributed by atoms with Gasteiger partial charge in [-0.1, -0.05) is 24.3 Å². The minimum Gasteiger partial charge on any atom is -0.744 e. The second-order valence-corrected chi connectivity index (χ2v) is 21.4. The van der Waals surface area contributed by atoms with E-state index in [0.29, 0.717) is 48.5 Å². The van der Waals surface area contributed by atoms with Crippen LogP contribution in [-0.2, 0) is 60.7 Å². The number of anilines is 2. The Bertz CT molecular complexity index is 3690. The molecule has 6 rings (SSSR count). The van der Waals surface area contributed by atoms with E-state index in [9.17, 15) is 88.0 Å². The maximum Gasteiger partial charge on any atom is 1.00 e. The van der Waals surface area contributed by atoms with Crippen LogP contribution in [-0.4, -0.2) is 88.0 Å². The van der Waals surface area contributed by atoms with E-state index in [-0.39, 0.29) is 113 Å². The summed E-state index contributed by atoms with van der Waals surface area (Å²) < 4.78 is 216. The van der Waals surface area contributed by atoms with Gasteiger partial charge in [0.05, 0.1) is 40.7 Å². The number of hydrogen-bond donors (Lipinski definition) is 4. The number of aromatic hydroxyl groups is 2. The first kappa shape index (κ1) is 69.0. The molecule has 0 unspecified atom stereocenters. The molecular weight excluding hydrogens is 1050 g/mol. The minimum absolute atomic E-state index is 0. The quantitative estimate of drug-likeness (QED) is 0.0291. The Morgan fingerprint density at radius 1 is 0.389 bits per heavy atom. The van der Waals surface area contributed by atoms with Gasteiger partial charge in [0.25, 0.3) is 0 Å². The molecule has 0 atom stereocenters. The summed E-state index contributed by atoms with van der Waals surface area (Å²) in [6.45, 7) is 0. The van der Waals surface area contributed by atoms with Gasteiger partial charge in [-0.2, -0.15) is 10.2 Å². The summed E-state index contributed by atoms with van der Waals surface area (Å²) in [5.74, 6) is -2.30. The summed E-state index contributed by atoms with van der Waals surface area (Å²) in [7, 11) is -32.5. The Labute approximate surface area is 481 Å². The van der Waals surface area contributed by atoms with Crippen molar-refractivity contribution in [1.29, 1.82) is 0 Å². The maximum absolute atomic E-state index is 12.3. The molecule has 72 heavy (non-hydrogen) atoms. The fourth-order valence-electron chi connectivity index (χ4n) is 6.12. The zero-order chi connectivity index (χ0) is 49.3. The Balaban J connectivity index is 0.00000840. The minimum atomic E-state index is -5.58. The molecule has 0 aliphatic rings. The SMILES string of the molecule is Nc1cc(S(=O)(=O)[O-])cc2cc(S(=O)(=O)[O-])c(N=Nc3ccc(C=Cc4ccc(N=Nc5c(S(=O)(=O)[O-])cc6cc(S(=O)(=O)[O-])cc(N)c6c5O)cc4S(=O)(=O)[O-])c(S(=O)(=O)[O-])c3)c(O)c12.[Li+].[Li+].[Li+].[Li+].[Li+].[Li+]. The molecule has 6 aromatic carbocycles. The van der Waals surface area contributed by atoms with Gasteiger partial charge in [-0.05, 0) is 82.6 Å². The first-order valence-corrected chi connectivity index (χ1v) is 25.3. The average Bonchev–Trinajstić information content (AvgIpc) is 3.16. The number of nitrogen functional groups attached to an aromatic ring is 2. The number of hydrogen-bond acceptors (Lipinski definition) is 26. The van der Waals surface area contributed by atoms with E-state index in [2.05, 4.69) is 20.5 Å². The van der Waals surface area contributed by atoms with E-state index in [0.717, 1.165) is 36.4 Å². The third-order valence-corrected chi connectivity index (χ3v) is 14.0. The molecule has 0 saturated carbocycles. The second kappa shape index (κ2) is 24.8. The summed E-state index contributed by atoms with van der Waals surface area (Å²) in [5.41, 5.74) is 6.13. The number of benzene rings is 6. The first-order chi connectivity index (χ1) is 30.2. The van der Waals surface area contributed by atoms with Crippen LogP contribution in [0.25, 0.3) is 33.7 Å². The number of phenols is 2. The largest absolute Gasteiger partial charge is 1.00 e. The van der Waals surface area contributed by atoms with E-state index in [1.54, 1.807) is 0 Å². The van der Waals surface area contributed by atoms with Crippen molar-refractivity contribution in [2.24, 2.45) is 20.5 Å². The maximum atomic E-state index is 12.3. The summed E-state index contributed by atoms with van der Waals surface area (Å²) in [5, 5.41) is 34.0. The standard InChI is InChI=1S/C34H26N6O20S6.6Li/c35-23-13-21(61(43,44)45)7-17-9-27(65(55,56)57)31(33(41)29(17)23)39-37-19-5-3-15(25(11-19)63(49,50)51)1-2-16-4-6-20(12-26(16)64(52,53)54)38-40-32-28(66(58,59)60)10-18-8-22(62(46,47)48)14-24(36)30(18)34(32)42;;;;;;/h1-14,41-42H,35-36H2,(H,43,44,45)(H,46,47,48)(H,49,50,51)(H,52,53,54)(H,55,56,57)(H,58,59,60);;;;;;/q;6*+1/p-6. The predicted molar refractivity (Wildman–Crippen MR) is 218 cm³/mol. The average molecular weight is 1070 g/mol. The van der Waals surface area contributed by atoms with Crippen molar-refractivity contribution in [3.8, 4) is 11.5 Å². The summed E-state index contributed by atoms with van der Waals surface area (Å²) >= 11 is 0. The van der Waals surface area contributed by atoms with Crippen molar-refractivity contribution >= 4 is 129 Å². The number of nitrogens with two attached hydrogens (primary N) is 2. The molecule has 0 fully saturated rings. The van der Waals surface area contributed by atoms with Gasteiger partial charge in [-0.3, -0.25) is 0 Å². The van der Waals surface area contributed by atoms with Crippen LogP contribution in [0.1, 0.15) is 11.1 Å². The van der Waals surface area contributed by atoms with Crippen molar-refractivity contribution in [2.75, 3.05) is 11.5 Å². The number of nitrogens with zero attached hydrogens (tertiary/aromatic N) is 4. The van der Waals surface area contributed by atoms with E-state index < -0.39 is 168 Å². The van der Waals surface area contributed by atoms with Crippen LogP contribution in [0.3, 0.4) is 0 Å². The van der Waals surface area contributed by atoms with Crippen LogP contribution in [0.2, 0.25) is 0 Å². The van der Waals surface area contributed by atoms with Crippen LogP contribution < -0.4 is 125 Å². The Hall–Kier alpha value is -2.98. The van der Waals surface area contributed by atoms with Crippen LogP contribution in [0.4, 0.5) is 34.1 Å². The molecule has 26 nitrogen and oxygen atoms in total. The molecular formula is C34H20Li6N6O20S6. The second-order valence-electron chi connectivity index (χ2n) is 13.3. The molecule has 0 heterocycles. The van der Waals surface area contributed by atoms with Gasteiger partial charge in [0.1, 0.15) is 72.1 Å². The third-order valence-electron chi connectivity index (χ3n) is 8.93. The first-order valence-electron chi connectivity index (χ1n) is 16.9. The zero-order valence-corrected chi connectivity index (χ0v) is 42.6. The number of rotatable bonds is 12. The fraction of sp³-hybridized carbons (Fsp3) is 0. The molecule has 0 aromatic heterocycles. The van der Waals surface area contributed by atoms with Gasteiger partial charge in [0.15, 0.2) is 11.5 Å². The Morgan fingerprint density at radius 2 is 0.681 bits per heavy atom. The van der Waals surface area contributed by atoms with Gasteiger partial charge in [-0.25, -0.2) is 50.5 Å². The van der Waals surface area contributed by atoms with E-state index in [1.807, 2.05) is 0 Å². The van der Waals surface area contributed by atoms with Crippen molar-refractivity contribution in [2.45, 2.75) is 29.4 Å². The van der Waals surface area contributed by atoms with Gasteiger partial charge < -0.3 is 49.0 Å². The van der Waals surface area contributed by atoms with Crippen molar-refractivity contribution < 1.29 is 201 Å². The van der Waals surface area contributed by atoms with Gasteiger partial charge >= 0.3 is 113 Å².